The molecule has 1 amide bonds. The Kier molecular flexibility index (Phi) is 6.95. The van der Waals surface area contributed by atoms with Gasteiger partial charge in [0.25, 0.3) is 0 Å². The van der Waals surface area contributed by atoms with Gasteiger partial charge >= 0.3 is 6.09 Å². The lowest BCUT2D eigenvalue weighted by molar-refractivity contribution is 0.0184. The number of fused-ring (bicyclic) bond motifs is 1. The van der Waals surface area contributed by atoms with Gasteiger partial charge in [0.2, 0.25) is 0 Å². The standard InChI is InChI=1S/C28H33N9O2/c1-18(2)32-23-13-24(26-7-6-21-12-19(14-29)15-31-37(21)26)30-16-22(23)25-17-36(34-33-25)20-8-10-35(11-9-20)27(38)39-28(3,4)5/h6-7,12-13,15-18,20H,8-11H2,1-5H3,(H,30,32). The molecule has 202 valence electrons. The minimum absolute atomic E-state index is 0.148. The molecule has 5 rings (SSSR count). The second-order valence-corrected chi connectivity index (χ2v) is 11.1. The minimum Gasteiger partial charge on any atom is -0.444 e. The van der Waals surface area contributed by atoms with Crippen LogP contribution in [0.3, 0.4) is 0 Å². The van der Waals surface area contributed by atoms with Crippen LogP contribution < -0.4 is 5.32 Å². The summed E-state index contributed by atoms with van der Waals surface area (Å²) in [7, 11) is 0. The Morgan fingerprint density at radius 2 is 1.92 bits per heavy atom. The zero-order chi connectivity index (χ0) is 27.7. The van der Waals surface area contributed by atoms with Gasteiger partial charge in [-0.2, -0.15) is 10.4 Å². The number of ether oxygens (including phenoxy) is 1. The maximum absolute atomic E-state index is 12.4. The van der Waals surface area contributed by atoms with E-state index in [-0.39, 0.29) is 18.2 Å². The van der Waals surface area contributed by atoms with E-state index < -0.39 is 5.60 Å². The third kappa shape index (κ3) is 5.70. The molecule has 0 radical (unpaired) electrons. The van der Waals surface area contributed by atoms with Gasteiger partial charge in [-0.3, -0.25) is 4.98 Å². The van der Waals surface area contributed by atoms with E-state index in [4.69, 9.17) is 9.72 Å². The number of carbonyl (C=O) groups is 1. The number of pyridine rings is 1. The van der Waals surface area contributed by atoms with E-state index in [1.165, 1.54) is 0 Å². The fourth-order valence-corrected chi connectivity index (χ4v) is 4.70. The molecule has 0 aromatic carbocycles. The first-order valence-corrected chi connectivity index (χ1v) is 13.2. The molecule has 11 heteroatoms. The van der Waals surface area contributed by atoms with Crippen LogP contribution in [0.25, 0.3) is 28.2 Å². The number of piperidine rings is 1. The summed E-state index contributed by atoms with van der Waals surface area (Å²) in [5, 5.41) is 26.0. The van der Waals surface area contributed by atoms with Gasteiger partial charge in [0.05, 0.1) is 40.9 Å². The molecule has 11 nitrogen and oxygen atoms in total. The van der Waals surface area contributed by atoms with Crippen molar-refractivity contribution >= 4 is 17.3 Å². The van der Waals surface area contributed by atoms with Crippen molar-refractivity contribution in [2.24, 2.45) is 0 Å². The monoisotopic (exact) mass is 527 g/mol. The van der Waals surface area contributed by atoms with E-state index in [1.807, 2.05) is 56.0 Å². The average molecular weight is 528 g/mol. The van der Waals surface area contributed by atoms with Crippen LogP contribution in [0.4, 0.5) is 10.5 Å². The Morgan fingerprint density at radius 1 is 1.15 bits per heavy atom. The van der Waals surface area contributed by atoms with Gasteiger partial charge in [-0.25, -0.2) is 14.0 Å². The molecule has 0 unspecified atom stereocenters. The summed E-state index contributed by atoms with van der Waals surface area (Å²) >= 11 is 0. The quantitative estimate of drug-likeness (QED) is 0.388. The van der Waals surface area contributed by atoms with Crippen molar-refractivity contribution in [2.75, 3.05) is 18.4 Å². The molecule has 39 heavy (non-hydrogen) atoms. The van der Waals surface area contributed by atoms with Gasteiger partial charge in [-0.05, 0) is 71.7 Å². The average Bonchev–Trinajstić information content (AvgIpc) is 3.55. The maximum atomic E-state index is 12.4. The highest BCUT2D eigenvalue weighted by atomic mass is 16.6. The second kappa shape index (κ2) is 10.4. The van der Waals surface area contributed by atoms with E-state index in [0.717, 1.165) is 46.7 Å². The molecule has 0 spiro atoms. The number of aromatic nitrogens is 6. The van der Waals surface area contributed by atoms with Gasteiger partial charge in [-0.1, -0.05) is 5.21 Å². The number of nitriles is 1. The SMILES string of the molecule is CC(C)Nc1cc(-c2ccc3cc(C#N)cnn23)ncc1-c1cn(C2CCN(C(=O)OC(C)(C)C)CC2)nn1. The maximum Gasteiger partial charge on any atom is 0.410 e. The third-order valence-electron chi connectivity index (χ3n) is 6.52. The molecule has 4 aromatic heterocycles. The molecule has 0 atom stereocenters. The first kappa shape index (κ1) is 26.2. The number of rotatable bonds is 5. The van der Waals surface area contributed by atoms with Crippen LogP contribution in [0, 0.1) is 11.3 Å². The number of anilines is 1. The van der Waals surface area contributed by atoms with E-state index in [0.29, 0.717) is 18.7 Å². The van der Waals surface area contributed by atoms with Crippen LogP contribution in [-0.2, 0) is 4.74 Å². The zero-order valence-electron chi connectivity index (χ0n) is 22.9. The predicted octanol–water partition coefficient (Wildman–Crippen LogP) is 4.92. The van der Waals surface area contributed by atoms with E-state index in [9.17, 15) is 10.1 Å². The van der Waals surface area contributed by atoms with Crippen LogP contribution >= 0.6 is 0 Å². The molecule has 5 heterocycles. The van der Waals surface area contributed by atoms with E-state index in [2.05, 4.69) is 40.6 Å². The largest absolute Gasteiger partial charge is 0.444 e. The van der Waals surface area contributed by atoms with Crippen LogP contribution in [-0.4, -0.2) is 65.3 Å². The van der Waals surface area contributed by atoms with Crippen molar-refractivity contribution in [3.63, 3.8) is 0 Å². The van der Waals surface area contributed by atoms with Gasteiger partial charge in [0.1, 0.15) is 17.4 Å². The number of likely N-dealkylation sites (tertiary alicyclic amines) is 1. The van der Waals surface area contributed by atoms with Gasteiger partial charge in [0, 0.05) is 36.6 Å². The normalized spacial score (nSPS) is 14.5. The Bertz CT molecular complexity index is 1530. The van der Waals surface area contributed by atoms with Crippen LogP contribution in [0.5, 0.6) is 0 Å². The molecule has 1 N–H and O–H groups in total. The summed E-state index contributed by atoms with van der Waals surface area (Å²) in [6, 6.07) is 10.1. The van der Waals surface area contributed by atoms with Crippen LogP contribution in [0.15, 0.2) is 42.9 Å². The van der Waals surface area contributed by atoms with Crippen molar-refractivity contribution in [2.45, 2.75) is 65.1 Å². The molecule has 0 aliphatic carbocycles. The predicted molar refractivity (Wildman–Crippen MR) is 147 cm³/mol. The van der Waals surface area contributed by atoms with Crippen molar-refractivity contribution in [3.05, 3.63) is 48.4 Å². The fourth-order valence-electron chi connectivity index (χ4n) is 4.70. The topological polar surface area (TPSA) is 126 Å². The number of hydrogen-bond acceptors (Lipinski definition) is 8. The molecule has 1 aliphatic rings. The molecular formula is C28H33N9O2. The fraction of sp³-hybridized carbons (Fsp3) is 0.429. The van der Waals surface area contributed by atoms with Crippen molar-refractivity contribution < 1.29 is 9.53 Å². The lowest BCUT2D eigenvalue weighted by Gasteiger charge is -2.33. The number of nitrogens with one attached hydrogen (secondary N) is 1. The minimum atomic E-state index is -0.508. The zero-order valence-corrected chi connectivity index (χ0v) is 22.9. The van der Waals surface area contributed by atoms with Gasteiger partial charge in [0.15, 0.2) is 0 Å². The highest BCUT2D eigenvalue weighted by molar-refractivity contribution is 5.79. The van der Waals surface area contributed by atoms with Crippen molar-refractivity contribution in [1.29, 1.82) is 5.26 Å². The number of hydrogen-bond donors (Lipinski definition) is 1. The smallest absolute Gasteiger partial charge is 0.410 e. The van der Waals surface area contributed by atoms with Gasteiger partial charge in [-0.15, -0.1) is 5.10 Å². The molecular weight excluding hydrogens is 494 g/mol. The number of amides is 1. The van der Waals surface area contributed by atoms with Crippen LogP contribution in [0.2, 0.25) is 0 Å². The Morgan fingerprint density at radius 3 is 2.62 bits per heavy atom. The lowest BCUT2D eigenvalue weighted by atomic mass is 10.1. The molecule has 4 aromatic rings. The molecule has 1 saturated heterocycles. The molecule has 1 fully saturated rings. The Balaban J connectivity index is 1.37. The second-order valence-electron chi connectivity index (χ2n) is 11.1. The van der Waals surface area contributed by atoms with Gasteiger partial charge < -0.3 is 15.0 Å². The Labute approximate surface area is 227 Å². The molecule has 1 aliphatic heterocycles. The molecule has 0 saturated carbocycles. The summed E-state index contributed by atoms with van der Waals surface area (Å²) in [5.74, 6) is 0. The Hall–Kier alpha value is -4.46. The first-order valence-electron chi connectivity index (χ1n) is 13.2. The summed E-state index contributed by atoms with van der Waals surface area (Å²) in [4.78, 5) is 18.9. The number of nitrogens with zero attached hydrogens (tertiary/aromatic N) is 8. The third-order valence-corrected chi connectivity index (χ3v) is 6.52. The first-order chi connectivity index (χ1) is 18.6. The number of carbonyl (C=O) groups excluding carboxylic acids is 1. The van der Waals surface area contributed by atoms with E-state index >= 15 is 0 Å². The summed E-state index contributed by atoms with van der Waals surface area (Å²) in [6.45, 7) is 11.0. The van der Waals surface area contributed by atoms with Crippen LogP contribution in [0.1, 0.15) is 59.1 Å². The molecule has 0 bridgehead atoms. The summed E-state index contributed by atoms with van der Waals surface area (Å²) in [6.07, 6.45) is 6.59. The van der Waals surface area contributed by atoms with Crippen molar-refractivity contribution in [3.8, 4) is 28.7 Å². The highest BCUT2D eigenvalue weighted by Crippen LogP contribution is 2.32. The lowest BCUT2D eigenvalue weighted by Crippen LogP contribution is -2.42. The van der Waals surface area contributed by atoms with Crippen molar-refractivity contribution in [1.82, 2.24) is 34.5 Å². The van der Waals surface area contributed by atoms with E-state index in [1.54, 1.807) is 21.7 Å². The highest BCUT2D eigenvalue weighted by Gasteiger charge is 2.28. The summed E-state index contributed by atoms with van der Waals surface area (Å²) in [5.41, 5.74) is 4.88. The summed E-state index contributed by atoms with van der Waals surface area (Å²) < 4.78 is 9.19.